The first-order valence-corrected chi connectivity index (χ1v) is 5.82. The van der Waals surface area contributed by atoms with E-state index in [9.17, 15) is 4.79 Å². The number of carboxylic acids is 1. The standard InChI is InChI=1S/C10H9ClN2O2S/c1-6-5-16-9(12-6)4-13-3-7(11)2-8(13)10(14)15/h2-3,5H,4H2,1H3,(H,14,15). The highest BCUT2D eigenvalue weighted by Crippen LogP contribution is 2.17. The maximum atomic E-state index is 10.9. The normalized spacial score (nSPS) is 10.6. The highest BCUT2D eigenvalue weighted by molar-refractivity contribution is 7.09. The molecule has 0 amide bonds. The van der Waals surface area contributed by atoms with Crippen molar-refractivity contribution in [3.8, 4) is 0 Å². The molecule has 0 spiro atoms. The maximum absolute atomic E-state index is 10.9. The average Bonchev–Trinajstić information content (AvgIpc) is 2.74. The van der Waals surface area contributed by atoms with Crippen LogP contribution in [-0.4, -0.2) is 20.6 Å². The lowest BCUT2D eigenvalue weighted by Gasteiger charge is -2.02. The van der Waals surface area contributed by atoms with Gasteiger partial charge in [0.2, 0.25) is 0 Å². The van der Waals surface area contributed by atoms with Crippen LogP contribution in [0.25, 0.3) is 0 Å². The Bertz CT molecular complexity index is 533. The van der Waals surface area contributed by atoms with Gasteiger partial charge in [0.15, 0.2) is 0 Å². The Morgan fingerprint density at radius 2 is 2.44 bits per heavy atom. The summed E-state index contributed by atoms with van der Waals surface area (Å²) < 4.78 is 1.59. The van der Waals surface area contributed by atoms with E-state index >= 15 is 0 Å². The average molecular weight is 257 g/mol. The minimum Gasteiger partial charge on any atom is -0.477 e. The topological polar surface area (TPSA) is 55.1 Å². The minimum absolute atomic E-state index is 0.179. The molecule has 1 N–H and O–H groups in total. The van der Waals surface area contributed by atoms with E-state index in [-0.39, 0.29) is 5.69 Å². The van der Waals surface area contributed by atoms with Gasteiger partial charge in [-0.05, 0) is 13.0 Å². The van der Waals surface area contributed by atoms with Gasteiger partial charge >= 0.3 is 5.97 Å². The number of aromatic nitrogens is 2. The van der Waals surface area contributed by atoms with Crippen LogP contribution >= 0.6 is 22.9 Å². The van der Waals surface area contributed by atoms with Gasteiger partial charge in [-0.15, -0.1) is 11.3 Å². The van der Waals surface area contributed by atoms with Crippen molar-refractivity contribution in [1.82, 2.24) is 9.55 Å². The highest BCUT2D eigenvalue weighted by Gasteiger charge is 2.12. The molecule has 0 unspecified atom stereocenters. The van der Waals surface area contributed by atoms with Crippen LogP contribution in [-0.2, 0) is 6.54 Å². The van der Waals surface area contributed by atoms with E-state index in [1.165, 1.54) is 17.4 Å². The second kappa shape index (κ2) is 4.27. The summed E-state index contributed by atoms with van der Waals surface area (Å²) in [7, 11) is 0. The van der Waals surface area contributed by atoms with Gasteiger partial charge in [0, 0.05) is 17.3 Å². The van der Waals surface area contributed by atoms with Crippen molar-refractivity contribution in [3.63, 3.8) is 0 Å². The zero-order valence-electron chi connectivity index (χ0n) is 8.48. The molecule has 0 saturated heterocycles. The fourth-order valence-corrected chi connectivity index (χ4v) is 2.40. The molecule has 0 aliphatic rings. The van der Waals surface area contributed by atoms with Gasteiger partial charge in [-0.1, -0.05) is 11.6 Å². The zero-order valence-corrected chi connectivity index (χ0v) is 10.0. The van der Waals surface area contributed by atoms with Crippen LogP contribution in [0, 0.1) is 6.92 Å². The molecule has 0 fully saturated rings. The lowest BCUT2D eigenvalue weighted by molar-refractivity contribution is 0.0685. The quantitative estimate of drug-likeness (QED) is 0.919. The summed E-state index contributed by atoms with van der Waals surface area (Å²) in [6, 6.07) is 1.43. The number of carboxylic acid groups (broad SMARTS) is 1. The van der Waals surface area contributed by atoms with Crippen LogP contribution in [0.5, 0.6) is 0 Å². The van der Waals surface area contributed by atoms with Gasteiger partial charge in [-0.3, -0.25) is 0 Å². The lowest BCUT2D eigenvalue weighted by atomic mass is 10.4. The van der Waals surface area contributed by atoms with Crippen LogP contribution in [0.2, 0.25) is 5.02 Å². The summed E-state index contributed by atoms with van der Waals surface area (Å²) in [6.45, 7) is 2.34. The molecule has 0 bridgehead atoms. The monoisotopic (exact) mass is 256 g/mol. The Kier molecular flexibility index (Phi) is 2.98. The number of nitrogens with zero attached hydrogens (tertiary/aromatic N) is 2. The Balaban J connectivity index is 2.30. The van der Waals surface area contributed by atoms with Crippen molar-refractivity contribution in [3.05, 3.63) is 39.1 Å². The van der Waals surface area contributed by atoms with Crippen LogP contribution in [0.15, 0.2) is 17.6 Å². The van der Waals surface area contributed by atoms with Crippen LogP contribution in [0.1, 0.15) is 21.2 Å². The third-order valence-electron chi connectivity index (χ3n) is 2.05. The highest BCUT2D eigenvalue weighted by atomic mass is 35.5. The summed E-state index contributed by atoms with van der Waals surface area (Å²) in [5, 5.41) is 12.2. The number of hydrogen-bond donors (Lipinski definition) is 1. The molecule has 0 atom stereocenters. The predicted octanol–water partition coefficient (Wildman–Crippen LogP) is 2.65. The van der Waals surface area contributed by atoms with Crippen molar-refractivity contribution in [2.24, 2.45) is 0 Å². The van der Waals surface area contributed by atoms with E-state index in [2.05, 4.69) is 4.98 Å². The minimum atomic E-state index is -0.986. The Morgan fingerprint density at radius 3 is 3.00 bits per heavy atom. The third-order valence-corrected chi connectivity index (χ3v) is 3.21. The van der Waals surface area contributed by atoms with Crippen LogP contribution < -0.4 is 0 Å². The molecule has 0 aliphatic carbocycles. The fraction of sp³-hybridized carbons (Fsp3) is 0.200. The molecular formula is C10H9ClN2O2S. The zero-order chi connectivity index (χ0) is 11.7. The number of rotatable bonds is 3. The molecule has 0 aromatic carbocycles. The van der Waals surface area contributed by atoms with Crippen molar-refractivity contribution in [2.45, 2.75) is 13.5 Å². The Morgan fingerprint density at radius 1 is 1.69 bits per heavy atom. The van der Waals surface area contributed by atoms with Crippen molar-refractivity contribution in [2.75, 3.05) is 0 Å². The van der Waals surface area contributed by atoms with Gasteiger partial charge in [-0.25, -0.2) is 9.78 Å². The van der Waals surface area contributed by atoms with Crippen LogP contribution in [0.4, 0.5) is 0 Å². The Labute approximate surface area is 101 Å². The molecule has 2 aromatic heterocycles. The van der Waals surface area contributed by atoms with E-state index < -0.39 is 5.97 Å². The molecule has 0 radical (unpaired) electrons. The van der Waals surface area contributed by atoms with E-state index in [0.717, 1.165) is 10.7 Å². The summed E-state index contributed by atoms with van der Waals surface area (Å²) >= 11 is 7.29. The van der Waals surface area contributed by atoms with Gasteiger partial charge in [0.05, 0.1) is 11.6 Å². The first-order valence-electron chi connectivity index (χ1n) is 4.56. The van der Waals surface area contributed by atoms with Crippen molar-refractivity contribution < 1.29 is 9.90 Å². The number of halogens is 1. The molecule has 0 saturated carbocycles. The van der Waals surface area contributed by atoms with E-state index in [0.29, 0.717) is 11.6 Å². The maximum Gasteiger partial charge on any atom is 0.352 e. The molecule has 2 rings (SSSR count). The first-order chi connectivity index (χ1) is 7.56. The lowest BCUT2D eigenvalue weighted by Crippen LogP contribution is -2.08. The van der Waals surface area contributed by atoms with Crippen molar-refractivity contribution >= 4 is 28.9 Å². The first kappa shape index (κ1) is 11.2. The van der Waals surface area contributed by atoms with Gasteiger partial charge in [0.25, 0.3) is 0 Å². The van der Waals surface area contributed by atoms with Gasteiger partial charge in [0.1, 0.15) is 10.7 Å². The summed E-state index contributed by atoms with van der Waals surface area (Å²) in [5.41, 5.74) is 1.12. The summed E-state index contributed by atoms with van der Waals surface area (Å²) in [6.07, 6.45) is 1.60. The molecule has 6 heteroatoms. The molecule has 84 valence electrons. The SMILES string of the molecule is Cc1csc(Cn2cc(Cl)cc2C(=O)O)n1. The summed E-state index contributed by atoms with van der Waals surface area (Å²) in [4.78, 5) is 15.2. The third kappa shape index (κ3) is 2.25. The van der Waals surface area contributed by atoms with Gasteiger partial charge < -0.3 is 9.67 Å². The van der Waals surface area contributed by atoms with Crippen LogP contribution in [0.3, 0.4) is 0 Å². The number of thiazole rings is 1. The smallest absolute Gasteiger partial charge is 0.352 e. The molecule has 16 heavy (non-hydrogen) atoms. The number of carbonyl (C=O) groups is 1. The molecular weight excluding hydrogens is 248 g/mol. The number of aromatic carboxylic acids is 1. The van der Waals surface area contributed by atoms with E-state index in [1.54, 1.807) is 10.8 Å². The molecule has 4 nitrogen and oxygen atoms in total. The van der Waals surface area contributed by atoms with E-state index in [1.807, 2.05) is 12.3 Å². The number of hydrogen-bond acceptors (Lipinski definition) is 3. The van der Waals surface area contributed by atoms with Gasteiger partial charge in [-0.2, -0.15) is 0 Å². The predicted molar refractivity (Wildman–Crippen MR) is 62.4 cm³/mol. The summed E-state index contributed by atoms with van der Waals surface area (Å²) in [5.74, 6) is -0.986. The second-order valence-corrected chi connectivity index (χ2v) is 4.74. The molecule has 2 heterocycles. The molecule has 0 aliphatic heterocycles. The molecule has 2 aromatic rings. The fourth-order valence-electron chi connectivity index (χ4n) is 1.41. The second-order valence-electron chi connectivity index (χ2n) is 3.36. The largest absolute Gasteiger partial charge is 0.477 e. The number of aryl methyl sites for hydroxylation is 1. The van der Waals surface area contributed by atoms with Crippen molar-refractivity contribution in [1.29, 1.82) is 0 Å². The Hall–Kier alpha value is -1.33. The van der Waals surface area contributed by atoms with E-state index in [4.69, 9.17) is 16.7 Å².